The minimum absolute atomic E-state index is 0.128. The summed E-state index contributed by atoms with van der Waals surface area (Å²) in [5.41, 5.74) is 1.67. The Morgan fingerprint density at radius 1 is 1.00 bits per heavy atom. The Kier molecular flexibility index (Phi) is 5.20. The molecule has 3 heterocycles. The molecule has 0 fully saturated rings. The fourth-order valence-electron chi connectivity index (χ4n) is 3.32. The normalized spacial score (nSPS) is 11.1. The lowest BCUT2D eigenvalue weighted by Crippen LogP contribution is -2.19. The van der Waals surface area contributed by atoms with E-state index in [-0.39, 0.29) is 11.9 Å². The van der Waals surface area contributed by atoms with Crippen LogP contribution >= 0.6 is 23.2 Å². The van der Waals surface area contributed by atoms with Crippen LogP contribution in [0.5, 0.6) is 0 Å². The van der Waals surface area contributed by atoms with Gasteiger partial charge in [-0.2, -0.15) is 19.9 Å². The summed E-state index contributed by atoms with van der Waals surface area (Å²) in [7, 11) is 0. The second-order valence-corrected chi connectivity index (χ2v) is 8.08. The maximum Gasteiger partial charge on any atom is 0.263 e. The predicted octanol–water partition coefficient (Wildman–Crippen LogP) is 4.16. The Balaban J connectivity index is 1.58. The molecule has 0 unspecified atom stereocenters. The van der Waals surface area contributed by atoms with E-state index in [1.54, 1.807) is 61.5 Å². The highest BCUT2D eigenvalue weighted by molar-refractivity contribution is 6.31. The van der Waals surface area contributed by atoms with E-state index in [1.165, 1.54) is 15.6 Å². The largest absolute Gasteiger partial charge is 0.306 e. The van der Waals surface area contributed by atoms with Crippen LogP contribution < -0.4 is 10.9 Å². The molecule has 11 heteroatoms. The summed E-state index contributed by atoms with van der Waals surface area (Å²) < 4.78 is 2.90. The summed E-state index contributed by atoms with van der Waals surface area (Å²) in [5.74, 6) is 0.109. The smallest absolute Gasteiger partial charge is 0.263 e. The van der Waals surface area contributed by atoms with E-state index in [1.807, 2.05) is 0 Å². The van der Waals surface area contributed by atoms with Crippen LogP contribution in [0.2, 0.25) is 10.0 Å². The van der Waals surface area contributed by atoms with Crippen molar-refractivity contribution in [3.8, 4) is 11.6 Å². The third kappa shape index (κ3) is 3.99. The molecule has 0 spiro atoms. The molecule has 0 aliphatic heterocycles. The quantitative estimate of drug-likeness (QED) is 0.401. The van der Waals surface area contributed by atoms with Crippen LogP contribution in [0.1, 0.15) is 16.1 Å². The maximum absolute atomic E-state index is 12.8. The van der Waals surface area contributed by atoms with Gasteiger partial charge in [0.25, 0.3) is 11.5 Å². The number of benzene rings is 2. The number of halogens is 2. The molecule has 9 nitrogen and oxygen atoms in total. The van der Waals surface area contributed by atoms with E-state index in [2.05, 4.69) is 25.5 Å². The van der Waals surface area contributed by atoms with Crippen molar-refractivity contribution in [1.29, 1.82) is 0 Å². The zero-order valence-electron chi connectivity index (χ0n) is 17.1. The van der Waals surface area contributed by atoms with Crippen LogP contribution in [-0.4, -0.2) is 35.4 Å². The molecule has 0 aliphatic rings. The molecule has 0 radical (unpaired) electrons. The number of H-pyrrole nitrogens is 1. The monoisotopic (exact) mass is 479 g/mol. The Morgan fingerprint density at radius 3 is 2.36 bits per heavy atom. The van der Waals surface area contributed by atoms with Crippen molar-refractivity contribution in [1.82, 2.24) is 29.5 Å². The number of fused-ring (bicyclic) bond motifs is 1. The van der Waals surface area contributed by atoms with Gasteiger partial charge in [-0.15, -0.1) is 0 Å². The molecule has 2 N–H and O–H groups in total. The number of carbonyl (C=O) groups is 1. The van der Waals surface area contributed by atoms with Gasteiger partial charge in [0.15, 0.2) is 5.65 Å². The lowest BCUT2D eigenvalue weighted by molar-refractivity contribution is 0.102. The average Bonchev–Trinajstić information content (AvgIpc) is 3.38. The van der Waals surface area contributed by atoms with Crippen LogP contribution in [0.25, 0.3) is 22.7 Å². The second kappa shape index (κ2) is 8.19. The number of carbonyl (C=O) groups excluding carboxylic acids is 1. The molecule has 3 aromatic heterocycles. The van der Waals surface area contributed by atoms with Crippen molar-refractivity contribution >= 4 is 46.0 Å². The van der Waals surface area contributed by atoms with E-state index in [0.29, 0.717) is 43.8 Å². The standard InChI is InChI=1S/C22H15Cl2N7O2/c1-12-10-18(26-20(32)13-2-4-14(23)5-3-13)31(29-12)22-27-19-17(21(33)28-22)11-25-30(19)16-8-6-15(24)7-9-16/h2-11H,1H3,(H,26,32)(H,27,28,33). The van der Waals surface area contributed by atoms with Crippen molar-refractivity contribution in [3.63, 3.8) is 0 Å². The highest BCUT2D eigenvalue weighted by atomic mass is 35.5. The molecule has 5 aromatic rings. The van der Waals surface area contributed by atoms with Crippen molar-refractivity contribution in [3.05, 3.63) is 92.5 Å². The molecule has 0 saturated carbocycles. The van der Waals surface area contributed by atoms with E-state index in [0.717, 1.165) is 0 Å². The van der Waals surface area contributed by atoms with Gasteiger partial charge in [0.1, 0.15) is 11.2 Å². The number of nitrogens with zero attached hydrogens (tertiary/aromatic N) is 5. The molecule has 2 aromatic carbocycles. The highest BCUT2D eigenvalue weighted by Gasteiger charge is 2.17. The number of hydrogen-bond acceptors (Lipinski definition) is 5. The fraction of sp³-hybridized carbons (Fsp3) is 0.0455. The zero-order valence-corrected chi connectivity index (χ0v) is 18.6. The van der Waals surface area contributed by atoms with Gasteiger partial charge in [-0.25, -0.2) is 4.68 Å². The number of nitrogens with one attached hydrogen (secondary N) is 2. The number of aromatic nitrogens is 6. The van der Waals surface area contributed by atoms with Gasteiger partial charge in [0.05, 0.1) is 17.6 Å². The average molecular weight is 480 g/mol. The van der Waals surface area contributed by atoms with Gasteiger partial charge >= 0.3 is 0 Å². The van der Waals surface area contributed by atoms with Gasteiger partial charge in [0, 0.05) is 21.7 Å². The molecule has 0 atom stereocenters. The summed E-state index contributed by atoms with van der Waals surface area (Å²) in [6.07, 6.45) is 1.44. The van der Waals surface area contributed by atoms with Gasteiger partial charge < -0.3 is 5.32 Å². The van der Waals surface area contributed by atoms with Crippen molar-refractivity contribution in [2.75, 3.05) is 5.32 Å². The fourth-order valence-corrected chi connectivity index (χ4v) is 3.57. The third-order valence-electron chi connectivity index (χ3n) is 4.88. The third-order valence-corrected chi connectivity index (χ3v) is 5.38. The number of aryl methyl sites for hydroxylation is 1. The molecule has 0 saturated heterocycles. The van der Waals surface area contributed by atoms with Crippen LogP contribution in [0.15, 0.2) is 65.6 Å². The Bertz CT molecular complexity index is 1550. The molecule has 164 valence electrons. The summed E-state index contributed by atoms with van der Waals surface area (Å²) in [6.45, 7) is 1.77. The molecule has 5 rings (SSSR count). The summed E-state index contributed by atoms with van der Waals surface area (Å²) in [6, 6.07) is 15.1. The molecule has 33 heavy (non-hydrogen) atoms. The first kappa shape index (κ1) is 20.9. The van der Waals surface area contributed by atoms with E-state index >= 15 is 0 Å². The van der Waals surface area contributed by atoms with E-state index in [9.17, 15) is 9.59 Å². The Labute approximate surface area is 196 Å². The zero-order chi connectivity index (χ0) is 23.1. The topological polar surface area (TPSA) is 110 Å². The summed E-state index contributed by atoms with van der Waals surface area (Å²) >= 11 is 11.9. The van der Waals surface area contributed by atoms with Crippen molar-refractivity contribution < 1.29 is 4.79 Å². The Hall–Kier alpha value is -3.95. The van der Waals surface area contributed by atoms with Gasteiger partial charge in [0.2, 0.25) is 5.95 Å². The second-order valence-electron chi connectivity index (χ2n) is 7.20. The SMILES string of the molecule is Cc1cc(NC(=O)c2ccc(Cl)cc2)n(-c2nc3c(cnn3-c3ccc(Cl)cc3)c(=O)[nH]2)n1. The number of hydrogen-bond donors (Lipinski definition) is 2. The van der Waals surface area contributed by atoms with Crippen LogP contribution in [-0.2, 0) is 0 Å². The molecule has 0 bridgehead atoms. The predicted molar refractivity (Wildman–Crippen MR) is 126 cm³/mol. The van der Waals surface area contributed by atoms with Crippen molar-refractivity contribution in [2.45, 2.75) is 6.92 Å². The van der Waals surface area contributed by atoms with E-state index < -0.39 is 5.56 Å². The first-order chi connectivity index (χ1) is 15.9. The number of anilines is 1. The van der Waals surface area contributed by atoms with Crippen LogP contribution in [0.4, 0.5) is 5.82 Å². The molecular weight excluding hydrogens is 465 g/mol. The first-order valence-electron chi connectivity index (χ1n) is 9.77. The van der Waals surface area contributed by atoms with Crippen molar-refractivity contribution in [2.24, 2.45) is 0 Å². The van der Waals surface area contributed by atoms with E-state index in [4.69, 9.17) is 23.2 Å². The number of aromatic amines is 1. The molecule has 0 aliphatic carbocycles. The number of rotatable bonds is 4. The van der Waals surface area contributed by atoms with Gasteiger partial charge in [-0.1, -0.05) is 23.2 Å². The summed E-state index contributed by atoms with van der Waals surface area (Å²) in [5, 5.41) is 12.9. The van der Waals surface area contributed by atoms with Crippen LogP contribution in [0, 0.1) is 6.92 Å². The van der Waals surface area contributed by atoms with Gasteiger partial charge in [-0.05, 0) is 55.5 Å². The van der Waals surface area contributed by atoms with Crippen LogP contribution in [0.3, 0.4) is 0 Å². The maximum atomic E-state index is 12.8. The lowest BCUT2D eigenvalue weighted by Gasteiger charge is -2.09. The molecular formula is C22H15Cl2N7O2. The molecule has 1 amide bonds. The highest BCUT2D eigenvalue weighted by Crippen LogP contribution is 2.20. The lowest BCUT2D eigenvalue weighted by atomic mass is 10.2. The van der Waals surface area contributed by atoms with Gasteiger partial charge in [-0.3, -0.25) is 14.6 Å². The minimum atomic E-state index is -0.390. The Morgan fingerprint density at radius 2 is 1.67 bits per heavy atom. The summed E-state index contributed by atoms with van der Waals surface area (Å²) in [4.78, 5) is 32.7. The minimum Gasteiger partial charge on any atom is -0.306 e. The number of amides is 1. The first-order valence-corrected chi connectivity index (χ1v) is 10.5.